The van der Waals surface area contributed by atoms with Crippen LogP contribution in [0, 0.1) is 19.7 Å². The van der Waals surface area contributed by atoms with E-state index in [4.69, 9.17) is 0 Å². The predicted octanol–water partition coefficient (Wildman–Crippen LogP) is 5.19. The van der Waals surface area contributed by atoms with Gasteiger partial charge in [-0.05, 0) is 81.0 Å². The van der Waals surface area contributed by atoms with Crippen LogP contribution in [0.2, 0.25) is 0 Å². The maximum atomic E-state index is 13.5. The molecule has 2 aromatic heterocycles. The van der Waals surface area contributed by atoms with E-state index in [0.29, 0.717) is 29.1 Å². The minimum absolute atomic E-state index is 0.129. The quantitative estimate of drug-likeness (QED) is 0.255. The van der Waals surface area contributed by atoms with Crippen LogP contribution in [0.15, 0.2) is 54.7 Å². The number of nitrogens with one attached hydrogen (secondary N) is 3. The van der Waals surface area contributed by atoms with Gasteiger partial charge in [-0.2, -0.15) is 5.10 Å². The summed E-state index contributed by atoms with van der Waals surface area (Å²) in [6.45, 7) is 11.2. The number of amides is 2. The summed E-state index contributed by atoms with van der Waals surface area (Å²) in [6, 6.07) is 13.7. The second-order valence-electron chi connectivity index (χ2n) is 9.82. The van der Waals surface area contributed by atoms with Crippen LogP contribution < -0.4 is 10.6 Å². The average Bonchev–Trinajstić information content (AvgIpc) is 3.63. The summed E-state index contributed by atoms with van der Waals surface area (Å²) in [5.74, 6) is -0.656. The lowest BCUT2D eigenvalue weighted by atomic mass is 10.0. The maximum absolute atomic E-state index is 13.5. The number of anilines is 1. The smallest absolute Gasteiger partial charge is 0.256 e. The molecule has 0 saturated heterocycles. The molecule has 1 aliphatic rings. The number of rotatable bonds is 9. The van der Waals surface area contributed by atoms with Crippen LogP contribution >= 0.6 is 0 Å². The Morgan fingerprint density at radius 2 is 1.85 bits per heavy atom. The van der Waals surface area contributed by atoms with Crippen LogP contribution in [0.1, 0.15) is 46.7 Å². The number of nitrogens with zero attached hydrogens (tertiary/aromatic N) is 3. The van der Waals surface area contributed by atoms with E-state index in [1.54, 1.807) is 29.1 Å². The number of hydrogen-bond donors (Lipinski definition) is 3. The van der Waals surface area contributed by atoms with Gasteiger partial charge in [-0.1, -0.05) is 19.9 Å². The van der Waals surface area contributed by atoms with E-state index in [2.05, 4.69) is 39.5 Å². The largest absolute Gasteiger partial charge is 0.358 e. The van der Waals surface area contributed by atoms with Crippen molar-refractivity contribution in [2.24, 2.45) is 0 Å². The third-order valence-electron chi connectivity index (χ3n) is 7.41. The summed E-state index contributed by atoms with van der Waals surface area (Å²) in [5.41, 5.74) is 7.22. The van der Waals surface area contributed by atoms with Gasteiger partial charge in [0.1, 0.15) is 5.82 Å². The van der Waals surface area contributed by atoms with Gasteiger partial charge in [0, 0.05) is 41.3 Å². The van der Waals surface area contributed by atoms with Gasteiger partial charge in [0.25, 0.3) is 11.8 Å². The summed E-state index contributed by atoms with van der Waals surface area (Å²) >= 11 is 0. The van der Waals surface area contributed by atoms with E-state index in [9.17, 15) is 14.0 Å². The molecule has 3 heterocycles. The van der Waals surface area contributed by atoms with Crippen LogP contribution in [0.25, 0.3) is 28.6 Å². The number of hydrogen-bond acceptors (Lipinski definition) is 4. The Kier molecular flexibility index (Phi) is 7.66. The Hall–Kier alpha value is -4.50. The number of carbonyl (C=O) groups excluding carboxylic acids is 2. The Morgan fingerprint density at radius 3 is 2.58 bits per heavy atom. The summed E-state index contributed by atoms with van der Waals surface area (Å²) in [7, 11) is 0. The van der Waals surface area contributed by atoms with Gasteiger partial charge >= 0.3 is 0 Å². The van der Waals surface area contributed by atoms with Crippen molar-refractivity contribution in [1.29, 1.82) is 0 Å². The van der Waals surface area contributed by atoms with Crippen LogP contribution in [0.5, 0.6) is 0 Å². The van der Waals surface area contributed by atoms with Crippen molar-refractivity contribution >= 4 is 29.2 Å². The third kappa shape index (κ3) is 5.20. The standard InChI is InChI=1S/C31H33FN6O2/c1-5-37(6-2)16-15-33-31(40)29-19(3)27(35-20(29)4)18-25-24-17-21(7-12-26(24)36-30(25)39)28-13-14-34-38(28)23-10-8-22(32)9-11-23/h7-14,17-18,35H,5-6,15-16H2,1-4H3,(H,33,40)(H,36,39)/b25-18-. The fourth-order valence-corrected chi connectivity index (χ4v) is 5.16. The second kappa shape index (κ2) is 11.3. The summed E-state index contributed by atoms with van der Waals surface area (Å²) < 4.78 is 15.2. The van der Waals surface area contributed by atoms with E-state index in [1.165, 1.54) is 12.1 Å². The van der Waals surface area contributed by atoms with Gasteiger partial charge in [-0.15, -0.1) is 0 Å². The molecule has 0 unspecified atom stereocenters. The first-order chi connectivity index (χ1) is 19.3. The zero-order chi connectivity index (χ0) is 28.4. The maximum Gasteiger partial charge on any atom is 0.256 e. The Morgan fingerprint density at radius 1 is 1.10 bits per heavy atom. The van der Waals surface area contributed by atoms with Crippen molar-refractivity contribution in [2.45, 2.75) is 27.7 Å². The molecule has 0 fully saturated rings. The molecule has 4 aromatic rings. The molecule has 5 rings (SSSR count). The number of carbonyl (C=O) groups is 2. The van der Waals surface area contributed by atoms with Gasteiger partial charge in [-0.3, -0.25) is 9.59 Å². The zero-order valence-corrected chi connectivity index (χ0v) is 23.1. The molecule has 0 saturated carbocycles. The highest BCUT2D eigenvalue weighted by atomic mass is 19.1. The monoisotopic (exact) mass is 540 g/mol. The number of halogens is 1. The molecule has 206 valence electrons. The van der Waals surface area contributed by atoms with Crippen molar-refractivity contribution in [3.05, 3.63) is 88.6 Å². The molecule has 8 nitrogen and oxygen atoms in total. The fourth-order valence-electron chi connectivity index (χ4n) is 5.16. The molecule has 0 atom stereocenters. The highest BCUT2D eigenvalue weighted by molar-refractivity contribution is 6.35. The van der Waals surface area contributed by atoms with Gasteiger partial charge in [-0.25, -0.2) is 9.07 Å². The normalized spacial score (nSPS) is 13.7. The van der Waals surface area contributed by atoms with Crippen molar-refractivity contribution < 1.29 is 14.0 Å². The van der Waals surface area contributed by atoms with E-state index in [-0.39, 0.29) is 17.6 Å². The van der Waals surface area contributed by atoms with Crippen molar-refractivity contribution in [2.75, 3.05) is 31.5 Å². The SMILES string of the molecule is CCN(CC)CCNC(=O)c1c(C)[nH]c(/C=C2\C(=O)Nc3ccc(-c4ccnn4-c4ccc(F)cc4)cc32)c1C. The molecule has 3 N–H and O–H groups in total. The van der Waals surface area contributed by atoms with Gasteiger partial charge in [0.05, 0.1) is 28.7 Å². The number of fused-ring (bicyclic) bond motifs is 1. The van der Waals surface area contributed by atoms with Gasteiger partial charge in [0.2, 0.25) is 0 Å². The molecule has 1 aliphatic heterocycles. The lowest BCUT2D eigenvalue weighted by Gasteiger charge is -2.18. The molecule has 9 heteroatoms. The molecule has 0 aliphatic carbocycles. The fraction of sp³-hybridized carbons (Fsp3) is 0.258. The molecule has 0 radical (unpaired) electrons. The van der Waals surface area contributed by atoms with Crippen LogP contribution in [-0.2, 0) is 4.79 Å². The number of H-pyrrole nitrogens is 1. The molecule has 0 bridgehead atoms. The zero-order valence-electron chi connectivity index (χ0n) is 23.1. The Bertz CT molecular complexity index is 1590. The second-order valence-corrected chi connectivity index (χ2v) is 9.82. The lowest BCUT2D eigenvalue weighted by Crippen LogP contribution is -2.35. The highest BCUT2D eigenvalue weighted by Gasteiger charge is 2.26. The number of likely N-dealkylation sites (N-methyl/N-ethyl adjacent to an activating group) is 1. The summed E-state index contributed by atoms with van der Waals surface area (Å²) in [5, 5.41) is 10.4. The number of aryl methyl sites for hydroxylation is 1. The third-order valence-corrected chi connectivity index (χ3v) is 7.41. The molecule has 0 spiro atoms. The summed E-state index contributed by atoms with van der Waals surface area (Å²) in [4.78, 5) is 31.6. The lowest BCUT2D eigenvalue weighted by molar-refractivity contribution is -0.110. The Labute approximate surface area is 232 Å². The molecule has 40 heavy (non-hydrogen) atoms. The van der Waals surface area contributed by atoms with Gasteiger partial charge in [0.15, 0.2) is 0 Å². The van der Waals surface area contributed by atoms with E-state index < -0.39 is 0 Å². The van der Waals surface area contributed by atoms with E-state index in [1.807, 2.05) is 38.1 Å². The number of benzene rings is 2. The van der Waals surface area contributed by atoms with Crippen molar-refractivity contribution in [3.63, 3.8) is 0 Å². The minimum Gasteiger partial charge on any atom is -0.358 e. The van der Waals surface area contributed by atoms with Crippen molar-refractivity contribution in [1.82, 2.24) is 25.0 Å². The van der Waals surface area contributed by atoms with E-state index in [0.717, 1.165) is 53.4 Å². The molecular formula is C31H33FN6O2. The molecule has 2 aromatic carbocycles. The number of aromatic amines is 1. The Balaban J connectivity index is 1.44. The van der Waals surface area contributed by atoms with E-state index >= 15 is 0 Å². The van der Waals surface area contributed by atoms with Crippen molar-refractivity contribution in [3.8, 4) is 16.9 Å². The number of aromatic nitrogens is 3. The first-order valence-electron chi connectivity index (χ1n) is 13.5. The van der Waals surface area contributed by atoms with Gasteiger partial charge < -0.3 is 20.5 Å². The van der Waals surface area contributed by atoms with Crippen LogP contribution in [0.3, 0.4) is 0 Å². The molecular weight excluding hydrogens is 507 g/mol. The predicted molar refractivity (Wildman–Crippen MR) is 156 cm³/mol. The summed E-state index contributed by atoms with van der Waals surface area (Å²) in [6.07, 6.45) is 3.49. The topological polar surface area (TPSA) is 95.1 Å². The first kappa shape index (κ1) is 27.1. The van der Waals surface area contributed by atoms with Crippen LogP contribution in [0.4, 0.5) is 10.1 Å². The first-order valence-corrected chi connectivity index (χ1v) is 13.5. The average molecular weight is 541 g/mol. The van der Waals surface area contributed by atoms with Crippen LogP contribution in [-0.4, -0.2) is 57.7 Å². The molecule has 2 amide bonds. The minimum atomic E-state index is -0.315. The highest BCUT2D eigenvalue weighted by Crippen LogP contribution is 2.37.